The van der Waals surface area contributed by atoms with Crippen molar-refractivity contribution in [2.45, 2.75) is 19.8 Å². The Balaban J connectivity index is 2.12. The van der Waals surface area contributed by atoms with Crippen LogP contribution in [-0.4, -0.2) is 29.7 Å². The Morgan fingerprint density at radius 1 is 1.24 bits per heavy atom. The van der Waals surface area contributed by atoms with E-state index in [2.05, 4.69) is 17.1 Å². The summed E-state index contributed by atoms with van der Waals surface area (Å²) in [6, 6.07) is 13.5. The number of nitrogens with zero attached hydrogens (tertiary/aromatic N) is 2. The van der Waals surface area contributed by atoms with Crippen LogP contribution in [0.15, 0.2) is 42.5 Å². The lowest BCUT2D eigenvalue weighted by Crippen LogP contribution is -2.22. The van der Waals surface area contributed by atoms with Crippen LogP contribution in [0.3, 0.4) is 0 Å². The number of hydrogen-bond acceptors (Lipinski definition) is 3. The summed E-state index contributed by atoms with van der Waals surface area (Å²) in [6.45, 7) is 2.77. The van der Waals surface area contributed by atoms with Gasteiger partial charge in [-0.2, -0.15) is 0 Å². The fourth-order valence-electron chi connectivity index (χ4n) is 2.13. The molecule has 1 aromatic heterocycles. The second-order valence-corrected chi connectivity index (χ2v) is 5.02. The minimum absolute atomic E-state index is 0.295. The van der Waals surface area contributed by atoms with Gasteiger partial charge in [0.25, 0.3) is 0 Å². The Labute approximate surface area is 125 Å². The summed E-state index contributed by atoms with van der Waals surface area (Å²) in [5.74, 6) is -0.201. The average Bonchev–Trinajstić information content (AvgIpc) is 2.53. The second kappa shape index (κ2) is 6.88. The standard InChI is InChI=1S/C17H20N2O2/c1-3-15-11-14(17(20)21)12-16(18-15)19(2)10-9-13-7-5-4-6-8-13/h4-8,11-12H,3,9-10H2,1-2H3,(H,20,21). The number of likely N-dealkylation sites (N-methyl/N-ethyl adjacent to an activating group) is 1. The van der Waals surface area contributed by atoms with Crippen molar-refractivity contribution < 1.29 is 9.90 Å². The Morgan fingerprint density at radius 2 is 1.95 bits per heavy atom. The van der Waals surface area contributed by atoms with Crippen LogP contribution in [0.2, 0.25) is 0 Å². The maximum atomic E-state index is 11.2. The highest BCUT2D eigenvalue weighted by Crippen LogP contribution is 2.15. The SMILES string of the molecule is CCc1cc(C(=O)O)cc(N(C)CCc2ccccc2)n1. The zero-order valence-corrected chi connectivity index (χ0v) is 12.4. The van der Waals surface area contributed by atoms with E-state index in [1.807, 2.05) is 37.1 Å². The molecule has 4 heteroatoms. The number of anilines is 1. The molecule has 21 heavy (non-hydrogen) atoms. The van der Waals surface area contributed by atoms with Gasteiger partial charge in [-0.25, -0.2) is 9.78 Å². The van der Waals surface area contributed by atoms with Crippen molar-refractivity contribution in [1.82, 2.24) is 4.98 Å². The smallest absolute Gasteiger partial charge is 0.335 e. The van der Waals surface area contributed by atoms with Gasteiger partial charge in [0.1, 0.15) is 5.82 Å². The van der Waals surface area contributed by atoms with Crippen molar-refractivity contribution in [3.63, 3.8) is 0 Å². The zero-order valence-electron chi connectivity index (χ0n) is 12.4. The molecule has 0 fully saturated rings. The van der Waals surface area contributed by atoms with E-state index in [9.17, 15) is 9.90 Å². The van der Waals surface area contributed by atoms with Crippen LogP contribution >= 0.6 is 0 Å². The minimum Gasteiger partial charge on any atom is -0.478 e. The summed E-state index contributed by atoms with van der Waals surface area (Å²) in [5, 5.41) is 9.17. The highest BCUT2D eigenvalue weighted by Gasteiger charge is 2.10. The molecule has 2 aromatic rings. The van der Waals surface area contributed by atoms with E-state index in [1.54, 1.807) is 12.1 Å². The third-order valence-corrected chi connectivity index (χ3v) is 3.44. The van der Waals surface area contributed by atoms with Gasteiger partial charge in [0.2, 0.25) is 0 Å². The number of hydrogen-bond donors (Lipinski definition) is 1. The predicted molar refractivity (Wildman–Crippen MR) is 84.0 cm³/mol. The number of rotatable bonds is 6. The first-order valence-corrected chi connectivity index (χ1v) is 7.09. The number of carbonyl (C=O) groups is 1. The molecular weight excluding hydrogens is 264 g/mol. The van der Waals surface area contributed by atoms with Crippen LogP contribution in [0.5, 0.6) is 0 Å². The summed E-state index contributed by atoms with van der Waals surface area (Å²) in [5.41, 5.74) is 2.36. The molecule has 110 valence electrons. The molecule has 0 aliphatic carbocycles. The molecule has 1 aromatic carbocycles. The summed E-state index contributed by atoms with van der Waals surface area (Å²) >= 11 is 0. The third-order valence-electron chi connectivity index (χ3n) is 3.44. The molecule has 0 amide bonds. The first kappa shape index (κ1) is 15.0. The maximum absolute atomic E-state index is 11.2. The van der Waals surface area contributed by atoms with E-state index in [4.69, 9.17) is 0 Å². The number of pyridine rings is 1. The lowest BCUT2D eigenvalue weighted by molar-refractivity contribution is 0.0696. The number of benzene rings is 1. The van der Waals surface area contributed by atoms with E-state index in [0.717, 1.165) is 25.1 Å². The van der Waals surface area contributed by atoms with Crippen LogP contribution in [0, 0.1) is 0 Å². The largest absolute Gasteiger partial charge is 0.478 e. The molecule has 1 N–H and O–H groups in total. The van der Waals surface area contributed by atoms with E-state index >= 15 is 0 Å². The van der Waals surface area contributed by atoms with E-state index in [0.29, 0.717) is 11.4 Å². The molecule has 0 radical (unpaired) electrons. The molecule has 2 rings (SSSR count). The number of aromatic carboxylic acids is 1. The molecule has 0 bridgehead atoms. The van der Waals surface area contributed by atoms with Crippen LogP contribution in [0.1, 0.15) is 28.5 Å². The van der Waals surface area contributed by atoms with Gasteiger partial charge < -0.3 is 10.0 Å². The molecule has 0 saturated carbocycles. The van der Waals surface area contributed by atoms with Gasteiger partial charge in [-0.05, 0) is 30.5 Å². The summed E-state index contributed by atoms with van der Waals surface area (Å²) < 4.78 is 0. The molecule has 0 aliphatic heterocycles. The molecule has 0 unspecified atom stereocenters. The van der Waals surface area contributed by atoms with Crippen molar-refractivity contribution in [2.75, 3.05) is 18.5 Å². The van der Waals surface area contributed by atoms with Crippen LogP contribution in [-0.2, 0) is 12.8 Å². The number of aromatic nitrogens is 1. The van der Waals surface area contributed by atoms with Crippen LogP contribution < -0.4 is 4.90 Å². The van der Waals surface area contributed by atoms with Crippen LogP contribution in [0.25, 0.3) is 0 Å². The minimum atomic E-state index is -0.912. The topological polar surface area (TPSA) is 53.4 Å². The Hall–Kier alpha value is -2.36. The van der Waals surface area contributed by atoms with Gasteiger partial charge in [-0.1, -0.05) is 37.3 Å². The number of aryl methyl sites for hydroxylation is 1. The van der Waals surface area contributed by atoms with Crippen molar-refractivity contribution in [3.8, 4) is 0 Å². The molecule has 4 nitrogen and oxygen atoms in total. The number of carboxylic acid groups (broad SMARTS) is 1. The molecular formula is C17H20N2O2. The zero-order chi connectivity index (χ0) is 15.2. The Morgan fingerprint density at radius 3 is 2.57 bits per heavy atom. The van der Waals surface area contributed by atoms with Gasteiger partial charge in [0, 0.05) is 19.3 Å². The fraction of sp³-hybridized carbons (Fsp3) is 0.294. The first-order valence-electron chi connectivity index (χ1n) is 7.09. The van der Waals surface area contributed by atoms with Crippen molar-refractivity contribution in [2.24, 2.45) is 0 Å². The summed E-state index contributed by atoms with van der Waals surface area (Å²) in [7, 11) is 1.94. The lowest BCUT2D eigenvalue weighted by atomic mass is 10.1. The maximum Gasteiger partial charge on any atom is 0.335 e. The summed E-state index contributed by atoms with van der Waals surface area (Å²) in [6.07, 6.45) is 1.62. The van der Waals surface area contributed by atoms with Gasteiger partial charge in [-0.3, -0.25) is 0 Å². The van der Waals surface area contributed by atoms with Crippen molar-refractivity contribution in [1.29, 1.82) is 0 Å². The van der Waals surface area contributed by atoms with Crippen molar-refractivity contribution >= 4 is 11.8 Å². The lowest BCUT2D eigenvalue weighted by Gasteiger charge is -2.19. The first-order chi connectivity index (χ1) is 10.1. The molecule has 0 atom stereocenters. The van der Waals surface area contributed by atoms with E-state index in [-0.39, 0.29) is 0 Å². The van der Waals surface area contributed by atoms with Crippen molar-refractivity contribution in [3.05, 3.63) is 59.3 Å². The Bertz CT molecular complexity index is 611. The van der Waals surface area contributed by atoms with Gasteiger partial charge >= 0.3 is 5.97 Å². The van der Waals surface area contributed by atoms with Gasteiger partial charge in [0.15, 0.2) is 0 Å². The second-order valence-electron chi connectivity index (χ2n) is 5.02. The predicted octanol–water partition coefficient (Wildman–Crippen LogP) is 3.02. The normalized spacial score (nSPS) is 10.4. The highest BCUT2D eigenvalue weighted by molar-refractivity contribution is 5.88. The number of carboxylic acids is 1. The molecule has 0 aliphatic rings. The van der Waals surface area contributed by atoms with E-state index < -0.39 is 5.97 Å². The molecule has 1 heterocycles. The van der Waals surface area contributed by atoms with Crippen LogP contribution in [0.4, 0.5) is 5.82 Å². The Kier molecular flexibility index (Phi) is 4.93. The molecule has 0 spiro atoms. The average molecular weight is 284 g/mol. The van der Waals surface area contributed by atoms with Gasteiger partial charge in [0.05, 0.1) is 5.56 Å². The fourth-order valence-corrected chi connectivity index (χ4v) is 2.13. The highest BCUT2D eigenvalue weighted by atomic mass is 16.4. The van der Waals surface area contributed by atoms with E-state index in [1.165, 1.54) is 5.56 Å². The summed E-state index contributed by atoms with van der Waals surface area (Å²) in [4.78, 5) is 17.7. The monoisotopic (exact) mass is 284 g/mol. The molecule has 0 saturated heterocycles. The van der Waals surface area contributed by atoms with Gasteiger partial charge in [-0.15, -0.1) is 0 Å². The quantitative estimate of drug-likeness (QED) is 0.886. The third kappa shape index (κ3) is 4.05.